The first-order valence-electron chi connectivity index (χ1n) is 11.4. The van der Waals surface area contributed by atoms with Crippen molar-refractivity contribution in [3.8, 4) is 17.2 Å². The molecule has 0 unspecified atom stereocenters. The van der Waals surface area contributed by atoms with Gasteiger partial charge >= 0.3 is 0 Å². The van der Waals surface area contributed by atoms with Gasteiger partial charge in [0.15, 0.2) is 0 Å². The predicted molar refractivity (Wildman–Crippen MR) is 128 cm³/mol. The quantitative estimate of drug-likeness (QED) is 0.564. The Kier molecular flexibility index (Phi) is 6.99. The number of aromatic nitrogens is 2. The van der Waals surface area contributed by atoms with Crippen molar-refractivity contribution >= 4 is 5.91 Å². The molecule has 0 bridgehead atoms. The number of ether oxygens (including phenoxy) is 2. The van der Waals surface area contributed by atoms with Crippen LogP contribution < -0.4 is 14.8 Å². The zero-order valence-corrected chi connectivity index (χ0v) is 19.7. The molecule has 1 aliphatic heterocycles. The summed E-state index contributed by atoms with van der Waals surface area (Å²) < 4.78 is 12.7. The molecule has 1 aromatic heterocycles. The fourth-order valence-electron chi connectivity index (χ4n) is 4.48. The summed E-state index contributed by atoms with van der Waals surface area (Å²) in [6.07, 6.45) is 2.95. The Bertz CT molecular complexity index is 1090. The van der Waals surface area contributed by atoms with Crippen molar-refractivity contribution in [3.05, 3.63) is 71.5 Å². The minimum absolute atomic E-state index is 0.209. The molecule has 1 N–H and O–H groups in total. The lowest BCUT2D eigenvalue weighted by atomic mass is 10.00. The maximum absolute atomic E-state index is 13.0. The van der Waals surface area contributed by atoms with Crippen LogP contribution in [-0.4, -0.2) is 53.9 Å². The molecule has 1 fully saturated rings. The Balaban J connectivity index is 1.61. The maximum Gasteiger partial charge on any atom is 0.255 e. The Morgan fingerprint density at radius 2 is 1.94 bits per heavy atom. The van der Waals surface area contributed by atoms with Gasteiger partial charge in [-0.2, -0.15) is 5.10 Å². The lowest BCUT2D eigenvalue weighted by Gasteiger charge is -2.21. The molecule has 0 radical (unpaired) electrons. The minimum Gasteiger partial charge on any atom is -0.497 e. The van der Waals surface area contributed by atoms with Crippen LogP contribution in [-0.2, 0) is 6.54 Å². The maximum atomic E-state index is 13.0. The molecule has 1 aliphatic rings. The number of benzene rings is 2. The zero-order valence-electron chi connectivity index (χ0n) is 19.7. The summed E-state index contributed by atoms with van der Waals surface area (Å²) >= 11 is 0. The number of rotatable bonds is 8. The first kappa shape index (κ1) is 22.9. The number of carbonyl (C=O) groups excluding carboxylic acids is 1. The number of nitrogens with zero attached hydrogens (tertiary/aromatic N) is 3. The van der Waals surface area contributed by atoms with Crippen molar-refractivity contribution in [2.24, 2.45) is 0 Å². The van der Waals surface area contributed by atoms with E-state index in [1.54, 1.807) is 32.4 Å². The number of amides is 1. The predicted octanol–water partition coefficient (Wildman–Crippen LogP) is 4.02. The van der Waals surface area contributed by atoms with Crippen molar-refractivity contribution in [2.75, 3.05) is 27.3 Å². The molecular weight excluding hydrogens is 416 g/mol. The molecule has 7 nitrogen and oxygen atoms in total. The monoisotopic (exact) mass is 448 g/mol. The van der Waals surface area contributed by atoms with E-state index in [0.29, 0.717) is 35.6 Å². The largest absolute Gasteiger partial charge is 0.497 e. The highest BCUT2D eigenvalue weighted by molar-refractivity contribution is 5.97. The van der Waals surface area contributed by atoms with Crippen LogP contribution in [0, 0.1) is 0 Å². The second-order valence-corrected chi connectivity index (χ2v) is 8.63. The van der Waals surface area contributed by atoms with Crippen LogP contribution >= 0.6 is 0 Å². The molecule has 0 saturated carbocycles. The van der Waals surface area contributed by atoms with Gasteiger partial charge in [-0.25, -0.2) is 4.68 Å². The molecule has 174 valence electrons. The van der Waals surface area contributed by atoms with Gasteiger partial charge in [-0.15, -0.1) is 0 Å². The average molecular weight is 449 g/mol. The molecule has 0 aliphatic carbocycles. The number of carbonyl (C=O) groups is 1. The normalized spacial score (nSPS) is 16.2. The van der Waals surface area contributed by atoms with Gasteiger partial charge < -0.3 is 19.7 Å². The fraction of sp³-hybridized carbons (Fsp3) is 0.385. The van der Waals surface area contributed by atoms with Gasteiger partial charge in [0.1, 0.15) is 11.5 Å². The zero-order chi connectivity index (χ0) is 23.4. The Labute approximate surface area is 195 Å². The van der Waals surface area contributed by atoms with E-state index in [9.17, 15) is 4.79 Å². The Morgan fingerprint density at radius 1 is 1.15 bits per heavy atom. The molecule has 1 saturated heterocycles. The first-order chi connectivity index (χ1) is 16.0. The molecule has 3 aromatic rings. The summed E-state index contributed by atoms with van der Waals surface area (Å²) in [7, 11) is 3.14. The molecule has 7 heteroatoms. The van der Waals surface area contributed by atoms with E-state index in [1.807, 2.05) is 29.1 Å². The number of hydrogen-bond acceptors (Lipinski definition) is 5. The molecule has 33 heavy (non-hydrogen) atoms. The molecule has 1 atom stereocenters. The average Bonchev–Trinajstić information content (AvgIpc) is 3.50. The number of likely N-dealkylation sites (tertiary alicyclic amines) is 1. The van der Waals surface area contributed by atoms with Crippen molar-refractivity contribution in [3.63, 3.8) is 0 Å². The molecule has 2 heterocycles. The van der Waals surface area contributed by atoms with E-state index in [4.69, 9.17) is 14.6 Å². The molecule has 1 amide bonds. The third-order valence-corrected chi connectivity index (χ3v) is 6.31. The summed E-state index contributed by atoms with van der Waals surface area (Å²) in [6.45, 7) is 6.91. The minimum atomic E-state index is -0.209. The highest BCUT2D eigenvalue weighted by Gasteiger charge is 2.30. The lowest BCUT2D eigenvalue weighted by molar-refractivity contribution is 0.0947. The Morgan fingerprint density at radius 3 is 2.61 bits per heavy atom. The first-order valence-corrected chi connectivity index (χ1v) is 11.4. The number of methoxy groups -OCH3 is 2. The fourth-order valence-corrected chi connectivity index (χ4v) is 4.48. The topological polar surface area (TPSA) is 68.6 Å². The van der Waals surface area contributed by atoms with E-state index in [2.05, 4.69) is 36.2 Å². The van der Waals surface area contributed by atoms with Crippen LogP contribution in [0.2, 0.25) is 0 Å². The van der Waals surface area contributed by atoms with E-state index >= 15 is 0 Å². The van der Waals surface area contributed by atoms with Crippen molar-refractivity contribution in [2.45, 2.75) is 38.8 Å². The second kappa shape index (κ2) is 10.1. The van der Waals surface area contributed by atoms with Crippen molar-refractivity contribution in [1.82, 2.24) is 20.0 Å². The van der Waals surface area contributed by atoms with Gasteiger partial charge in [0, 0.05) is 30.6 Å². The van der Waals surface area contributed by atoms with Crippen LogP contribution in [0.3, 0.4) is 0 Å². The van der Waals surface area contributed by atoms with E-state index < -0.39 is 0 Å². The third kappa shape index (κ3) is 4.88. The SMILES string of the molecule is COc1ccc(OC)c(C(=O)NCc2cnn(-c3ccccc3)c2[C@H]2CCN(C(C)C)C2)c1. The van der Waals surface area contributed by atoms with Crippen LogP contribution in [0.15, 0.2) is 54.7 Å². The summed E-state index contributed by atoms with van der Waals surface area (Å²) in [5.74, 6) is 1.27. The van der Waals surface area contributed by atoms with Crippen LogP contribution in [0.1, 0.15) is 47.8 Å². The van der Waals surface area contributed by atoms with Gasteiger partial charge in [-0.1, -0.05) is 18.2 Å². The lowest BCUT2D eigenvalue weighted by Crippen LogP contribution is -2.28. The van der Waals surface area contributed by atoms with Crippen LogP contribution in [0.5, 0.6) is 11.5 Å². The second-order valence-electron chi connectivity index (χ2n) is 8.63. The van der Waals surface area contributed by atoms with Gasteiger partial charge in [0.25, 0.3) is 5.91 Å². The molecule has 2 aromatic carbocycles. The van der Waals surface area contributed by atoms with Crippen LogP contribution in [0.25, 0.3) is 5.69 Å². The number of hydrogen-bond donors (Lipinski definition) is 1. The van der Waals surface area contributed by atoms with Gasteiger partial charge in [0.05, 0.1) is 37.4 Å². The summed E-state index contributed by atoms with van der Waals surface area (Å²) in [5, 5.41) is 7.78. The molecule has 0 spiro atoms. The summed E-state index contributed by atoms with van der Waals surface area (Å²) in [6, 6.07) is 15.9. The molecule has 4 rings (SSSR count). The van der Waals surface area contributed by atoms with E-state index in [0.717, 1.165) is 30.8 Å². The van der Waals surface area contributed by atoms with Crippen molar-refractivity contribution in [1.29, 1.82) is 0 Å². The molecular formula is C26H32N4O3. The smallest absolute Gasteiger partial charge is 0.255 e. The highest BCUT2D eigenvalue weighted by atomic mass is 16.5. The number of nitrogens with one attached hydrogen (secondary N) is 1. The number of para-hydroxylation sites is 1. The van der Waals surface area contributed by atoms with Gasteiger partial charge in [-0.05, 0) is 57.1 Å². The summed E-state index contributed by atoms with van der Waals surface area (Å²) in [4.78, 5) is 15.5. The van der Waals surface area contributed by atoms with Crippen molar-refractivity contribution < 1.29 is 14.3 Å². The van der Waals surface area contributed by atoms with E-state index in [1.165, 1.54) is 5.69 Å². The van der Waals surface area contributed by atoms with Gasteiger partial charge in [0.2, 0.25) is 0 Å². The standard InChI is InChI=1S/C26H32N4O3/c1-18(2)29-13-12-19(17-29)25-20(16-28-30(25)21-8-6-5-7-9-21)15-27-26(31)23-14-22(32-3)10-11-24(23)33-4/h5-11,14,16,18-19H,12-13,15,17H2,1-4H3,(H,27,31)/t19-/m0/s1. The summed E-state index contributed by atoms with van der Waals surface area (Å²) in [5.41, 5.74) is 3.68. The van der Waals surface area contributed by atoms with Crippen LogP contribution in [0.4, 0.5) is 0 Å². The third-order valence-electron chi connectivity index (χ3n) is 6.31. The highest BCUT2D eigenvalue weighted by Crippen LogP contribution is 2.32. The van der Waals surface area contributed by atoms with E-state index in [-0.39, 0.29) is 5.91 Å². The van der Waals surface area contributed by atoms with Gasteiger partial charge in [-0.3, -0.25) is 4.79 Å². The Hall–Kier alpha value is -3.32.